The minimum atomic E-state index is 0.235. The third-order valence-corrected chi connectivity index (χ3v) is 3.20. The zero-order valence-electron chi connectivity index (χ0n) is 11.8. The molecule has 19 heavy (non-hydrogen) atoms. The molecule has 0 amide bonds. The molecule has 1 unspecified atom stereocenters. The van der Waals surface area contributed by atoms with Crippen LogP contribution in [-0.4, -0.2) is 10.2 Å². The summed E-state index contributed by atoms with van der Waals surface area (Å²) >= 11 is 6.25. The Hall–Kier alpha value is -1.48. The quantitative estimate of drug-likeness (QED) is 0.859. The minimum absolute atomic E-state index is 0.235. The van der Waals surface area contributed by atoms with Gasteiger partial charge in [-0.1, -0.05) is 57.0 Å². The summed E-state index contributed by atoms with van der Waals surface area (Å²) in [7, 11) is 0. The molecule has 0 spiro atoms. The summed E-state index contributed by atoms with van der Waals surface area (Å²) in [6, 6.07) is 9.79. The van der Waals surface area contributed by atoms with Crippen LogP contribution in [-0.2, 0) is 0 Å². The maximum atomic E-state index is 6.25. The lowest BCUT2D eigenvalue weighted by Gasteiger charge is -2.16. The fourth-order valence-corrected chi connectivity index (χ4v) is 2.32. The fraction of sp³-hybridized carbons (Fsp3) is 0.400. The third kappa shape index (κ3) is 4.00. The number of hydrogen-bond donors (Lipinski definition) is 2. The van der Waals surface area contributed by atoms with Crippen LogP contribution in [0.5, 0.6) is 0 Å². The number of hydrogen-bond acceptors (Lipinski definition) is 2. The van der Waals surface area contributed by atoms with Gasteiger partial charge in [-0.05, 0) is 18.1 Å². The molecular formula is C15H22ClN3. The minimum Gasteiger partial charge on any atom is -0.382 e. The molecule has 104 valence electrons. The van der Waals surface area contributed by atoms with Crippen LogP contribution in [0.3, 0.4) is 0 Å². The van der Waals surface area contributed by atoms with Crippen LogP contribution < -0.4 is 5.73 Å². The van der Waals surface area contributed by atoms with Gasteiger partial charge in [0.2, 0.25) is 0 Å². The molecule has 1 atom stereocenters. The Balaban J connectivity index is 0.000000861. The summed E-state index contributed by atoms with van der Waals surface area (Å²) in [6.45, 7) is 6.16. The molecule has 1 aromatic carbocycles. The van der Waals surface area contributed by atoms with Gasteiger partial charge in [-0.25, -0.2) is 0 Å². The lowest BCUT2D eigenvalue weighted by molar-refractivity contribution is 0.677. The molecule has 3 nitrogen and oxygen atoms in total. The van der Waals surface area contributed by atoms with Crippen LogP contribution in [0.2, 0.25) is 5.02 Å². The van der Waals surface area contributed by atoms with E-state index in [1.165, 1.54) is 0 Å². The summed E-state index contributed by atoms with van der Waals surface area (Å²) in [6.07, 6.45) is 2.10. The highest BCUT2D eigenvalue weighted by atomic mass is 35.5. The van der Waals surface area contributed by atoms with E-state index in [2.05, 4.69) is 23.2 Å². The predicted octanol–water partition coefficient (Wildman–Crippen LogP) is 4.60. The molecule has 1 heterocycles. The second kappa shape index (κ2) is 7.85. The molecule has 0 aliphatic carbocycles. The topological polar surface area (TPSA) is 54.7 Å². The van der Waals surface area contributed by atoms with Gasteiger partial charge in [0, 0.05) is 22.7 Å². The van der Waals surface area contributed by atoms with Gasteiger partial charge >= 0.3 is 0 Å². The van der Waals surface area contributed by atoms with Crippen LogP contribution in [0.15, 0.2) is 30.3 Å². The summed E-state index contributed by atoms with van der Waals surface area (Å²) in [5.74, 6) is 0.756. The molecule has 0 saturated carbocycles. The maximum Gasteiger partial charge on any atom is 0.145 e. The first-order valence-electron chi connectivity index (χ1n) is 6.77. The van der Waals surface area contributed by atoms with Crippen LogP contribution in [0.4, 0.5) is 5.82 Å². The number of nitrogen functional groups attached to an aromatic ring is 1. The Morgan fingerprint density at radius 1 is 1.32 bits per heavy atom. The van der Waals surface area contributed by atoms with Gasteiger partial charge in [-0.2, -0.15) is 5.10 Å². The van der Waals surface area contributed by atoms with Crippen LogP contribution in [0, 0.1) is 0 Å². The number of nitrogens with one attached hydrogen (secondary N) is 1. The number of aromatic nitrogens is 2. The van der Waals surface area contributed by atoms with Crippen molar-refractivity contribution >= 4 is 17.4 Å². The largest absolute Gasteiger partial charge is 0.382 e. The number of anilines is 1. The van der Waals surface area contributed by atoms with Crippen molar-refractivity contribution in [2.45, 2.75) is 39.5 Å². The monoisotopic (exact) mass is 279 g/mol. The molecule has 4 heteroatoms. The van der Waals surface area contributed by atoms with E-state index in [9.17, 15) is 0 Å². The predicted molar refractivity (Wildman–Crippen MR) is 82.6 cm³/mol. The van der Waals surface area contributed by atoms with Gasteiger partial charge in [0.1, 0.15) is 5.82 Å². The Morgan fingerprint density at radius 2 is 2.00 bits per heavy atom. The molecule has 0 aliphatic heterocycles. The van der Waals surface area contributed by atoms with E-state index in [0.717, 1.165) is 29.1 Å². The normalized spacial score (nSPS) is 11.6. The zero-order chi connectivity index (χ0) is 14.3. The van der Waals surface area contributed by atoms with E-state index >= 15 is 0 Å². The van der Waals surface area contributed by atoms with Crippen molar-refractivity contribution in [2.75, 3.05) is 5.73 Å². The highest BCUT2D eigenvalue weighted by molar-refractivity contribution is 6.31. The Morgan fingerprint density at radius 3 is 2.53 bits per heavy atom. The number of rotatable bonds is 4. The van der Waals surface area contributed by atoms with E-state index in [1.54, 1.807) is 0 Å². The van der Waals surface area contributed by atoms with Gasteiger partial charge in [-0.15, -0.1) is 0 Å². The van der Waals surface area contributed by atoms with Crippen LogP contribution >= 0.6 is 11.6 Å². The van der Waals surface area contributed by atoms with Gasteiger partial charge in [0.05, 0.1) is 0 Å². The molecule has 3 N–H and O–H groups in total. The molecule has 1 aromatic heterocycles. The van der Waals surface area contributed by atoms with Crippen molar-refractivity contribution in [2.24, 2.45) is 0 Å². The SMILES string of the molecule is CC.CCCC(c1cc(N)n[nH]1)c1ccccc1Cl. The summed E-state index contributed by atoms with van der Waals surface area (Å²) in [5, 5.41) is 7.76. The highest BCUT2D eigenvalue weighted by Crippen LogP contribution is 2.33. The first-order chi connectivity index (χ1) is 9.22. The summed E-state index contributed by atoms with van der Waals surface area (Å²) in [4.78, 5) is 0. The Kier molecular flexibility index (Phi) is 6.43. The molecule has 2 aromatic rings. The first kappa shape index (κ1) is 15.6. The van der Waals surface area contributed by atoms with E-state index in [0.29, 0.717) is 5.82 Å². The zero-order valence-corrected chi connectivity index (χ0v) is 12.5. The van der Waals surface area contributed by atoms with Crippen molar-refractivity contribution in [3.63, 3.8) is 0 Å². The number of nitrogens with two attached hydrogens (primary N) is 1. The highest BCUT2D eigenvalue weighted by Gasteiger charge is 2.17. The van der Waals surface area contributed by atoms with Crippen LogP contribution in [0.1, 0.15) is 50.8 Å². The van der Waals surface area contributed by atoms with Crippen molar-refractivity contribution in [3.05, 3.63) is 46.6 Å². The standard InChI is InChI=1S/C13H16ClN3.C2H6/c1-2-5-10(12-8-13(15)17-16-12)9-6-3-4-7-11(9)14;1-2/h3-4,6-8,10H,2,5H2,1H3,(H3,15,16,17);1-2H3. The van der Waals surface area contributed by atoms with E-state index in [4.69, 9.17) is 17.3 Å². The summed E-state index contributed by atoms with van der Waals surface area (Å²) < 4.78 is 0. The number of benzene rings is 1. The second-order valence-corrected chi connectivity index (χ2v) is 4.52. The third-order valence-electron chi connectivity index (χ3n) is 2.85. The van der Waals surface area contributed by atoms with Crippen molar-refractivity contribution in [1.82, 2.24) is 10.2 Å². The number of aromatic amines is 1. The lowest BCUT2D eigenvalue weighted by atomic mass is 9.91. The number of nitrogens with zero attached hydrogens (tertiary/aromatic N) is 1. The molecule has 0 fully saturated rings. The lowest BCUT2D eigenvalue weighted by Crippen LogP contribution is -2.02. The van der Waals surface area contributed by atoms with Gasteiger partial charge in [0.15, 0.2) is 0 Å². The molecule has 0 bridgehead atoms. The fourth-order valence-electron chi connectivity index (χ4n) is 2.06. The average molecular weight is 280 g/mol. The average Bonchev–Trinajstić information content (AvgIpc) is 2.86. The number of H-pyrrole nitrogens is 1. The van der Waals surface area contributed by atoms with Gasteiger partial charge < -0.3 is 5.73 Å². The van der Waals surface area contributed by atoms with Crippen LogP contribution in [0.25, 0.3) is 0 Å². The maximum absolute atomic E-state index is 6.25. The number of halogens is 1. The first-order valence-corrected chi connectivity index (χ1v) is 7.15. The van der Waals surface area contributed by atoms with E-state index in [-0.39, 0.29) is 5.92 Å². The molecular weight excluding hydrogens is 258 g/mol. The van der Waals surface area contributed by atoms with Gasteiger partial charge in [-0.3, -0.25) is 5.10 Å². The molecule has 0 radical (unpaired) electrons. The Bertz CT molecular complexity index is 494. The van der Waals surface area contributed by atoms with E-state index < -0.39 is 0 Å². The van der Waals surface area contributed by atoms with Crippen molar-refractivity contribution < 1.29 is 0 Å². The van der Waals surface area contributed by atoms with E-state index in [1.807, 2.05) is 38.1 Å². The Labute approximate surface area is 120 Å². The molecule has 0 aliphatic rings. The van der Waals surface area contributed by atoms with Gasteiger partial charge in [0.25, 0.3) is 0 Å². The molecule has 0 saturated heterocycles. The smallest absolute Gasteiger partial charge is 0.145 e. The van der Waals surface area contributed by atoms with Crippen molar-refractivity contribution in [1.29, 1.82) is 0 Å². The molecule has 2 rings (SSSR count). The second-order valence-electron chi connectivity index (χ2n) is 4.11. The summed E-state index contributed by atoms with van der Waals surface area (Å²) in [5.41, 5.74) is 7.80. The van der Waals surface area contributed by atoms with Crippen molar-refractivity contribution in [3.8, 4) is 0 Å².